The highest BCUT2D eigenvalue weighted by Crippen LogP contribution is 2.23. The zero-order valence-electron chi connectivity index (χ0n) is 14.5. The summed E-state index contributed by atoms with van der Waals surface area (Å²) in [6.07, 6.45) is 0. The molecule has 2 amide bonds. The van der Waals surface area contributed by atoms with Crippen molar-refractivity contribution in [2.75, 3.05) is 29.9 Å². The van der Waals surface area contributed by atoms with Crippen LogP contribution in [0.5, 0.6) is 0 Å². The van der Waals surface area contributed by atoms with E-state index >= 15 is 0 Å². The Morgan fingerprint density at radius 3 is 2.56 bits per heavy atom. The first-order valence-corrected chi connectivity index (χ1v) is 9.89. The third kappa shape index (κ3) is 6.36. The minimum Gasteiger partial charge on any atom is -0.328 e. The quantitative estimate of drug-likeness (QED) is 0.848. The Labute approximate surface area is 155 Å². The molecule has 0 saturated heterocycles. The van der Waals surface area contributed by atoms with Gasteiger partial charge in [-0.1, -0.05) is 23.5 Å². The fourth-order valence-corrected chi connectivity index (χ4v) is 4.07. The number of benzene rings is 1. The van der Waals surface area contributed by atoms with E-state index in [1.54, 1.807) is 16.7 Å². The average Bonchev–Trinajstić information content (AvgIpc) is 3.05. The van der Waals surface area contributed by atoms with Gasteiger partial charge in [0, 0.05) is 17.0 Å². The van der Waals surface area contributed by atoms with Gasteiger partial charge in [0.05, 0.1) is 12.3 Å². The molecular weight excluding hydrogens is 361 g/mol. The van der Waals surface area contributed by atoms with E-state index in [1.165, 1.54) is 36.0 Å². The van der Waals surface area contributed by atoms with Crippen molar-refractivity contribution in [1.29, 1.82) is 0 Å². The number of carbonyl (C=O) groups is 2. The average molecular weight is 384 g/mol. The lowest BCUT2D eigenvalue weighted by molar-refractivity contribution is -0.137. The summed E-state index contributed by atoms with van der Waals surface area (Å²) in [6.45, 7) is 6.41. The van der Waals surface area contributed by atoms with Crippen LogP contribution in [0.25, 0.3) is 0 Å². The van der Waals surface area contributed by atoms with Crippen LogP contribution in [-0.2, 0) is 9.59 Å². The van der Waals surface area contributed by atoms with Crippen LogP contribution >= 0.6 is 23.5 Å². The molecule has 1 heterocycles. The largest absolute Gasteiger partial charge is 0.328 e. The van der Waals surface area contributed by atoms with Crippen molar-refractivity contribution in [1.82, 2.24) is 4.90 Å². The number of nitrogens with one attached hydrogen (secondary N) is 1. The molecule has 2 rings (SSSR count). The molecule has 0 fully saturated rings. The summed E-state index contributed by atoms with van der Waals surface area (Å²) in [4.78, 5) is 30.7. The molecule has 0 aromatic heterocycles. The summed E-state index contributed by atoms with van der Waals surface area (Å²) in [5.74, 6) is 0.426. The van der Waals surface area contributed by atoms with Crippen molar-refractivity contribution in [2.45, 2.75) is 26.3 Å². The van der Waals surface area contributed by atoms with Crippen LogP contribution in [0, 0.1) is 5.82 Å². The molecule has 0 aliphatic carbocycles. The molecule has 8 heteroatoms. The number of amides is 2. The molecule has 0 spiro atoms. The van der Waals surface area contributed by atoms with Gasteiger partial charge in [-0.15, -0.1) is 0 Å². The molecule has 0 unspecified atom stereocenters. The summed E-state index contributed by atoms with van der Waals surface area (Å²) in [6, 6.07) is 5.53. The van der Waals surface area contributed by atoms with E-state index in [2.05, 4.69) is 10.3 Å². The predicted molar refractivity (Wildman–Crippen MR) is 104 cm³/mol. The monoisotopic (exact) mass is 383 g/mol. The van der Waals surface area contributed by atoms with Gasteiger partial charge in [-0.2, -0.15) is 0 Å². The number of rotatable bonds is 5. The number of hydrogen-bond acceptors (Lipinski definition) is 5. The molecule has 1 aliphatic rings. The van der Waals surface area contributed by atoms with Gasteiger partial charge in [-0.3, -0.25) is 14.6 Å². The molecule has 5 nitrogen and oxygen atoms in total. The van der Waals surface area contributed by atoms with Gasteiger partial charge >= 0.3 is 0 Å². The Morgan fingerprint density at radius 1 is 1.32 bits per heavy atom. The smallest absolute Gasteiger partial charge is 0.244 e. The van der Waals surface area contributed by atoms with Crippen molar-refractivity contribution in [3.8, 4) is 0 Å². The van der Waals surface area contributed by atoms with Crippen LogP contribution in [0.2, 0.25) is 0 Å². The van der Waals surface area contributed by atoms with Crippen LogP contribution in [0.15, 0.2) is 29.3 Å². The Morgan fingerprint density at radius 2 is 2.00 bits per heavy atom. The van der Waals surface area contributed by atoms with Crippen LogP contribution in [0.4, 0.5) is 10.1 Å². The van der Waals surface area contributed by atoms with Crippen LogP contribution in [0.1, 0.15) is 20.8 Å². The van der Waals surface area contributed by atoms with E-state index in [0.29, 0.717) is 5.69 Å². The Balaban J connectivity index is 1.95. The highest BCUT2D eigenvalue weighted by atomic mass is 32.2. The second-order valence-electron chi connectivity index (χ2n) is 6.49. The van der Waals surface area contributed by atoms with E-state index in [-0.39, 0.29) is 29.9 Å². The zero-order chi connectivity index (χ0) is 18.4. The van der Waals surface area contributed by atoms with Gasteiger partial charge in [-0.05, 0) is 45.0 Å². The number of aliphatic imine (C=N–C) groups is 1. The normalized spacial score (nSPS) is 14.2. The lowest BCUT2D eigenvalue weighted by Gasteiger charge is -2.35. The van der Waals surface area contributed by atoms with Crippen molar-refractivity contribution in [2.24, 2.45) is 4.99 Å². The molecule has 0 saturated carbocycles. The maximum Gasteiger partial charge on any atom is 0.244 e. The molecule has 0 radical (unpaired) electrons. The fourth-order valence-electron chi connectivity index (χ4n) is 2.18. The highest BCUT2D eigenvalue weighted by Gasteiger charge is 2.28. The minimum atomic E-state index is -0.484. The van der Waals surface area contributed by atoms with Crippen molar-refractivity contribution < 1.29 is 14.0 Å². The number of thioether (sulfide) groups is 2. The molecule has 1 aliphatic heterocycles. The molecule has 1 aromatic carbocycles. The fraction of sp³-hybridized carbons (Fsp3) is 0.471. The molecule has 136 valence electrons. The number of anilines is 1. The molecule has 0 bridgehead atoms. The third-order valence-electron chi connectivity index (χ3n) is 3.42. The van der Waals surface area contributed by atoms with Gasteiger partial charge < -0.3 is 10.2 Å². The second kappa shape index (κ2) is 8.71. The number of hydrogen-bond donors (Lipinski definition) is 1. The zero-order valence-corrected chi connectivity index (χ0v) is 16.2. The first-order chi connectivity index (χ1) is 11.8. The first kappa shape index (κ1) is 19.8. The van der Waals surface area contributed by atoms with Gasteiger partial charge in [0.25, 0.3) is 0 Å². The highest BCUT2D eigenvalue weighted by molar-refractivity contribution is 8.39. The van der Waals surface area contributed by atoms with Crippen LogP contribution < -0.4 is 5.32 Å². The molecular formula is C17H22FN3O2S2. The molecule has 1 aromatic rings. The number of nitrogens with zero attached hydrogens (tertiary/aromatic N) is 2. The number of halogens is 1. The SMILES string of the molecule is CC(C)(C)N(CC(=O)Nc1ccc(F)cc1)C(=O)CSC1=NCCS1. The van der Waals surface area contributed by atoms with E-state index in [1.807, 2.05) is 20.8 Å². The standard InChI is InChI=1S/C17H22FN3O2S2/c1-17(2,3)21(15(23)11-25-16-19-8-9-24-16)10-14(22)20-13-6-4-12(18)5-7-13/h4-7H,8-11H2,1-3H3,(H,20,22). The predicted octanol–water partition coefficient (Wildman–Crippen LogP) is 3.23. The van der Waals surface area contributed by atoms with Gasteiger partial charge in [0.1, 0.15) is 16.7 Å². The number of carbonyl (C=O) groups excluding carboxylic acids is 2. The summed E-state index contributed by atoms with van der Waals surface area (Å²) >= 11 is 3.07. The molecule has 25 heavy (non-hydrogen) atoms. The lowest BCUT2D eigenvalue weighted by Crippen LogP contribution is -2.50. The van der Waals surface area contributed by atoms with Gasteiger partial charge in [0.15, 0.2) is 0 Å². The Hall–Kier alpha value is -1.54. The second-order valence-corrected chi connectivity index (χ2v) is 8.80. The summed E-state index contributed by atoms with van der Waals surface area (Å²) in [7, 11) is 0. The summed E-state index contributed by atoms with van der Waals surface area (Å²) < 4.78 is 13.9. The first-order valence-electron chi connectivity index (χ1n) is 7.91. The van der Waals surface area contributed by atoms with Gasteiger partial charge in [0.2, 0.25) is 11.8 Å². The van der Waals surface area contributed by atoms with Crippen molar-refractivity contribution >= 4 is 45.4 Å². The van der Waals surface area contributed by atoms with Crippen LogP contribution in [-0.4, -0.2) is 51.2 Å². The van der Waals surface area contributed by atoms with E-state index in [0.717, 1.165) is 16.7 Å². The summed E-state index contributed by atoms with van der Waals surface area (Å²) in [5.41, 5.74) is 0.0152. The van der Waals surface area contributed by atoms with E-state index in [9.17, 15) is 14.0 Å². The van der Waals surface area contributed by atoms with Gasteiger partial charge in [-0.25, -0.2) is 4.39 Å². The van der Waals surface area contributed by atoms with E-state index in [4.69, 9.17) is 0 Å². The van der Waals surface area contributed by atoms with Crippen LogP contribution in [0.3, 0.4) is 0 Å². The molecule has 1 N–H and O–H groups in total. The Kier molecular flexibility index (Phi) is 6.89. The maximum absolute atomic E-state index is 12.9. The molecule has 0 atom stereocenters. The van der Waals surface area contributed by atoms with E-state index < -0.39 is 5.54 Å². The maximum atomic E-state index is 12.9. The minimum absolute atomic E-state index is 0.0557. The summed E-state index contributed by atoms with van der Waals surface area (Å²) in [5, 5.41) is 2.69. The topological polar surface area (TPSA) is 61.8 Å². The van der Waals surface area contributed by atoms with Crippen molar-refractivity contribution in [3.05, 3.63) is 30.1 Å². The van der Waals surface area contributed by atoms with Crippen molar-refractivity contribution in [3.63, 3.8) is 0 Å². The third-order valence-corrected chi connectivity index (χ3v) is 5.65. The Bertz CT molecular complexity index is 657. The lowest BCUT2D eigenvalue weighted by atomic mass is 10.1.